The number of nitrogens with zero attached hydrogens (tertiary/aromatic N) is 2. The number of ether oxygens (including phenoxy) is 1. The fraction of sp³-hybridized carbons (Fsp3) is 0.407. The minimum absolute atomic E-state index is 0.0291. The molecule has 1 aromatic heterocycles. The maximum atomic E-state index is 12.2. The van der Waals surface area contributed by atoms with Crippen molar-refractivity contribution in [3.63, 3.8) is 0 Å². The Morgan fingerprint density at radius 3 is 2.64 bits per heavy atom. The van der Waals surface area contributed by atoms with Gasteiger partial charge in [-0.15, -0.1) is 0 Å². The summed E-state index contributed by atoms with van der Waals surface area (Å²) in [6.45, 7) is 3.06. The quantitative estimate of drug-likeness (QED) is 0.515. The summed E-state index contributed by atoms with van der Waals surface area (Å²) in [7, 11) is 3.64. The largest absolute Gasteiger partial charge is 0.492 e. The van der Waals surface area contributed by atoms with Crippen LogP contribution in [0.1, 0.15) is 30.7 Å². The SMILES string of the molecule is CNCCOc1ccc(-c2cc(N3CCC(C(=O)NC)C3)c3ccc(C4CC4)cc3n2)cc1. The van der Waals surface area contributed by atoms with Gasteiger partial charge < -0.3 is 20.3 Å². The number of likely N-dealkylation sites (N-methyl/N-ethyl adjacent to an activating group) is 1. The van der Waals surface area contributed by atoms with Crippen LogP contribution in [0.4, 0.5) is 5.69 Å². The van der Waals surface area contributed by atoms with Crippen LogP contribution in [0.3, 0.4) is 0 Å². The summed E-state index contributed by atoms with van der Waals surface area (Å²) in [6, 6.07) is 17.1. The van der Waals surface area contributed by atoms with E-state index in [1.807, 2.05) is 19.2 Å². The molecular weight excluding hydrogens is 412 g/mol. The number of hydrogen-bond donors (Lipinski definition) is 2. The number of carbonyl (C=O) groups is 1. The Balaban J connectivity index is 1.50. The molecule has 2 heterocycles. The van der Waals surface area contributed by atoms with E-state index in [4.69, 9.17) is 9.72 Å². The molecule has 1 amide bonds. The number of anilines is 1. The summed E-state index contributed by atoms with van der Waals surface area (Å²) in [5.41, 5.74) is 5.60. The molecule has 1 atom stereocenters. The van der Waals surface area contributed by atoms with Crippen LogP contribution >= 0.6 is 0 Å². The number of amides is 1. The first-order valence-corrected chi connectivity index (χ1v) is 12.0. The van der Waals surface area contributed by atoms with E-state index in [2.05, 4.69) is 51.9 Å². The summed E-state index contributed by atoms with van der Waals surface area (Å²) < 4.78 is 5.78. The monoisotopic (exact) mass is 444 g/mol. The fourth-order valence-corrected chi connectivity index (χ4v) is 4.70. The van der Waals surface area contributed by atoms with Gasteiger partial charge in [0.15, 0.2) is 0 Å². The van der Waals surface area contributed by atoms with E-state index in [9.17, 15) is 4.79 Å². The van der Waals surface area contributed by atoms with Crippen LogP contribution in [0.2, 0.25) is 0 Å². The third kappa shape index (κ3) is 4.67. The topological polar surface area (TPSA) is 66.5 Å². The molecule has 0 bridgehead atoms. The molecule has 2 fully saturated rings. The summed E-state index contributed by atoms with van der Waals surface area (Å²) >= 11 is 0. The highest BCUT2D eigenvalue weighted by Crippen LogP contribution is 2.42. The third-order valence-corrected chi connectivity index (χ3v) is 6.78. The van der Waals surface area contributed by atoms with Crippen molar-refractivity contribution in [3.05, 3.63) is 54.1 Å². The van der Waals surface area contributed by atoms with Crippen LogP contribution < -0.4 is 20.3 Å². The van der Waals surface area contributed by atoms with Crippen LogP contribution in [0, 0.1) is 5.92 Å². The Morgan fingerprint density at radius 1 is 1.09 bits per heavy atom. The lowest BCUT2D eigenvalue weighted by molar-refractivity contribution is -0.123. The van der Waals surface area contributed by atoms with Crippen molar-refractivity contribution in [3.8, 4) is 17.0 Å². The number of benzene rings is 2. The van der Waals surface area contributed by atoms with Gasteiger partial charge in [-0.1, -0.05) is 12.1 Å². The number of pyridine rings is 1. The van der Waals surface area contributed by atoms with Crippen LogP contribution in [-0.4, -0.2) is 51.2 Å². The van der Waals surface area contributed by atoms with Gasteiger partial charge >= 0.3 is 0 Å². The Hall–Kier alpha value is -3.12. The van der Waals surface area contributed by atoms with Gasteiger partial charge in [0.2, 0.25) is 5.91 Å². The van der Waals surface area contributed by atoms with E-state index in [1.54, 1.807) is 7.05 Å². The molecule has 2 N–H and O–H groups in total. The van der Waals surface area contributed by atoms with Crippen molar-refractivity contribution in [1.82, 2.24) is 15.6 Å². The van der Waals surface area contributed by atoms with Gasteiger partial charge in [-0.3, -0.25) is 4.79 Å². The first kappa shape index (κ1) is 21.7. The standard InChI is InChI=1S/C27H32N4O2/c1-28-12-14-33-22-8-5-19(6-9-22)24-16-26(31-13-11-21(17-31)27(32)29-2)23-10-7-20(18-3-4-18)15-25(23)30-24/h5-10,15-16,18,21,28H,3-4,11-14,17H2,1-2H3,(H,29,32). The summed E-state index contributed by atoms with van der Waals surface area (Å²) in [5.74, 6) is 1.70. The lowest BCUT2D eigenvalue weighted by Crippen LogP contribution is -2.30. The van der Waals surface area contributed by atoms with Gasteiger partial charge in [0, 0.05) is 43.3 Å². The molecule has 2 aromatic carbocycles. The van der Waals surface area contributed by atoms with E-state index in [0.717, 1.165) is 59.7 Å². The van der Waals surface area contributed by atoms with E-state index in [0.29, 0.717) is 12.5 Å². The molecule has 1 aliphatic carbocycles. The van der Waals surface area contributed by atoms with E-state index in [1.165, 1.54) is 18.4 Å². The zero-order chi connectivity index (χ0) is 22.8. The van der Waals surface area contributed by atoms with Crippen molar-refractivity contribution in [2.45, 2.75) is 25.2 Å². The number of rotatable bonds is 8. The molecule has 33 heavy (non-hydrogen) atoms. The van der Waals surface area contributed by atoms with Gasteiger partial charge in [-0.25, -0.2) is 4.98 Å². The molecule has 1 unspecified atom stereocenters. The number of nitrogens with one attached hydrogen (secondary N) is 2. The maximum absolute atomic E-state index is 12.2. The number of hydrogen-bond acceptors (Lipinski definition) is 5. The minimum atomic E-state index is 0.0291. The predicted molar refractivity (Wildman–Crippen MR) is 133 cm³/mol. The molecule has 6 nitrogen and oxygen atoms in total. The Kier molecular flexibility index (Phi) is 6.18. The predicted octanol–water partition coefficient (Wildman–Crippen LogP) is 3.95. The zero-order valence-corrected chi connectivity index (χ0v) is 19.4. The highest BCUT2D eigenvalue weighted by molar-refractivity contribution is 5.95. The van der Waals surface area contributed by atoms with Crippen molar-refractivity contribution in [2.24, 2.45) is 5.92 Å². The number of fused-ring (bicyclic) bond motifs is 1. The van der Waals surface area contributed by atoms with Gasteiger partial charge in [0.1, 0.15) is 12.4 Å². The average molecular weight is 445 g/mol. The van der Waals surface area contributed by atoms with Gasteiger partial charge in [0.25, 0.3) is 0 Å². The second-order valence-corrected chi connectivity index (χ2v) is 9.10. The highest BCUT2D eigenvalue weighted by Gasteiger charge is 2.29. The summed E-state index contributed by atoms with van der Waals surface area (Å²) in [5, 5.41) is 7.06. The molecule has 0 radical (unpaired) electrons. The van der Waals surface area contributed by atoms with Crippen LogP contribution in [0.15, 0.2) is 48.5 Å². The molecule has 172 valence electrons. The van der Waals surface area contributed by atoms with Gasteiger partial charge in [-0.2, -0.15) is 0 Å². The molecule has 5 rings (SSSR count). The molecule has 0 spiro atoms. The van der Waals surface area contributed by atoms with E-state index in [-0.39, 0.29) is 11.8 Å². The molecular formula is C27H32N4O2. The first-order valence-electron chi connectivity index (χ1n) is 12.0. The normalized spacial score (nSPS) is 18.0. The number of aromatic nitrogens is 1. The molecule has 2 aliphatic rings. The van der Waals surface area contributed by atoms with E-state index < -0.39 is 0 Å². The maximum Gasteiger partial charge on any atom is 0.224 e. The second kappa shape index (κ2) is 9.40. The first-order chi connectivity index (χ1) is 16.2. The molecule has 1 aliphatic heterocycles. The van der Waals surface area contributed by atoms with Gasteiger partial charge in [-0.05, 0) is 74.2 Å². The van der Waals surface area contributed by atoms with Crippen molar-refractivity contribution in [2.75, 3.05) is 45.2 Å². The fourth-order valence-electron chi connectivity index (χ4n) is 4.70. The summed E-state index contributed by atoms with van der Waals surface area (Å²) in [6.07, 6.45) is 3.41. The summed E-state index contributed by atoms with van der Waals surface area (Å²) in [4.78, 5) is 19.6. The number of carbonyl (C=O) groups excluding carboxylic acids is 1. The van der Waals surface area contributed by atoms with Crippen molar-refractivity contribution in [1.29, 1.82) is 0 Å². The minimum Gasteiger partial charge on any atom is -0.492 e. The van der Waals surface area contributed by atoms with Crippen LogP contribution in [0.5, 0.6) is 5.75 Å². The Labute approximate surface area is 195 Å². The van der Waals surface area contributed by atoms with Crippen LogP contribution in [-0.2, 0) is 4.79 Å². The van der Waals surface area contributed by atoms with E-state index >= 15 is 0 Å². The smallest absolute Gasteiger partial charge is 0.224 e. The molecule has 1 saturated carbocycles. The molecule has 1 saturated heterocycles. The Morgan fingerprint density at radius 2 is 1.91 bits per heavy atom. The lowest BCUT2D eigenvalue weighted by Gasteiger charge is -2.22. The lowest BCUT2D eigenvalue weighted by atomic mass is 10.0. The Bertz CT molecular complexity index is 1140. The molecule has 3 aromatic rings. The third-order valence-electron chi connectivity index (χ3n) is 6.78. The zero-order valence-electron chi connectivity index (χ0n) is 19.4. The van der Waals surface area contributed by atoms with Crippen molar-refractivity contribution >= 4 is 22.5 Å². The highest BCUT2D eigenvalue weighted by atomic mass is 16.5. The second-order valence-electron chi connectivity index (χ2n) is 9.10. The van der Waals surface area contributed by atoms with Crippen molar-refractivity contribution < 1.29 is 9.53 Å². The average Bonchev–Trinajstić information content (AvgIpc) is 3.59. The van der Waals surface area contributed by atoms with Gasteiger partial charge in [0.05, 0.1) is 17.1 Å². The van der Waals surface area contributed by atoms with Crippen LogP contribution in [0.25, 0.3) is 22.2 Å². The molecule has 6 heteroatoms.